The Morgan fingerprint density at radius 1 is 1.50 bits per heavy atom. The van der Waals surface area contributed by atoms with Gasteiger partial charge in [-0.25, -0.2) is 0 Å². The molecule has 2 aliphatic heterocycles. The van der Waals surface area contributed by atoms with E-state index in [4.69, 9.17) is 4.74 Å². The molecule has 1 saturated heterocycles. The molecule has 2 aliphatic rings. The molecule has 2 unspecified atom stereocenters. The third kappa shape index (κ3) is 2.35. The Bertz CT molecular complexity index is 491. The number of nitrogens with one attached hydrogen (secondary N) is 1. The Balaban J connectivity index is 1.91. The number of anilines is 1. The van der Waals surface area contributed by atoms with Crippen molar-refractivity contribution in [2.45, 2.75) is 44.3 Å². The van der Waals surface area contributed by atoms with Crippen LogP contribution in [0.15, 0.2) is 18.2 Å². The summed E-state index contributed by atoms with van der Waals surface area (Å²) in [6, 6.07) is 5.19. The molecule has 0 radical (unpaired) electrons. The van der Waals surface area contributed by atoms with E-state index >= 15 is 0 Å². The lowest BCUT2D eigenvalue weighted by Crippen LogP contribution is -2.40. The summed E-state index contributed by atoms with van der Waals surface area (Å²) in [7, 11) is 0. The first-order chi connectivity index (χ1) is 9.63. The van der Waals surface area contributed by atoms with Gasteiger partial charge in [0.15, 0.2) is 0 Å². The Hall–Kier alpha value is -1.36. The number of alkyl halides is 2. The highest BCUT2D eigenvalue weighted by atomic mass is 19.3. The van der Waals surface area contributed by atoms with Crippen molar-refractivity contribution in [2.75, 3.05) is 18.5 Å². The van der Waals surface area contributed by atoms with Crippen molar-refractivity contribution in [2.24, 2.45) is 0 Å². The van der Waals surface area contributed by atoms with Crippen LogP contribution in [-0.4, -0.2) is 25.9 Å². The van der Waals surface area contributed by atoms with E-state index in [0.717, 1.165) is 43.7 Å². The maximum Gasteiger partial charge on any atom is 0.387 e. The molecule has 3 rings (SSSR count). The van der Waals surface area contributed by atoms with E-state index in [2.05, 4.69) is 17.0 Å². The molecular weight excluding hydrogens is 264 g/mol. The van der Waals surface area contributed by atoms with Crippen LogP contribution < -0.4 is 10.1 Å². The van der Waals surface area contributed by atoms with E-state index in [0.29, 0.717) is 0 Å². The van der Waals surface area contributed by atoms with Gasteiger partial charge < -0.3 is 14.8 Å². The van der Waals surface area contributed by atoms with Gasteiger partial charge in [0.25, 0.3) is 0 Å². The van der Waals surface area contributed by atoms with Crippen LogP contribution in [0, 0.1) is 0 Å². The molecule has 0 bridgehead atoms. The number of ether oxygens (including phenoxy) is 2. The average molecular weight is 283 g/mol. The van der Waals surface area contributed by atoms with Crippen molar-refractivity contribution in [3.63, 3.8) is 0 Å². The minimum absolute atomic E-state index is 0.00421. The average Bonchev–Trinajstić information content (AvgIpc) is 2.77. The van der Waals surface area contributed by atoms with Gasteiger partial charge in [0.1, 0.15) is 5.75 Å². The molecule has 1 N–H and O–H groups in total. The van der Waals surface area contributed by atoms with Gasteiger partial charge in [0.05, 0.1) is 6.10 Å². The van der Waals surface area contributed by atoms with Gasteiger partial charge in [0.2, 0.25) is 0 Å². The molecule has 3 nitrogen and oxygen atoms in total. The van der Waals surface area contributed by atoms with Crippen LogP contribution in [-0.2, 0) is 10.2 Å². The van der Waals surface area contributed by atoms with Gasteiger partial charge in [0, 0.05) is 24.3 Å². The van der Waals surface area contributed by atoms with E-state index in [-0.39, 0.29) is 17.3 Å². The molecule has 2 heterocycles. The third-order valence-electron chi connectivity index (χ3n) is 4.41. The van der Waals surface area contributed by atoms with Crippen LogP contribution in [0.5, 0.6) is 5.75 Å². The topological polar surface area (TPSA) is 30.5 Å². The van der Waals surface area contributed by atoms with Gasteiger partial charge in [-0.05, 0) is 43.0 Å². The first-order valence-corrected chi connectivity index (χ1v) is 7.08. The van der Waals surface area contributed by atoms with Crippen molar-refractivity contribution < 1.29 is 18.3 Å². The second kappa shape index (κ2) is 5.20. The van der Waals surface area contributed by atoms with Crippen molar-refractivity contribution in [3.05, 3.63) is 23.8 Å². The highest BCUT2D eigenvalue weighted by molar-refractivity contribution is 5.62. The van der Waals surface area contributed by atoms with E-state index in [1.54, 1.807) is 12.1 Å². The maximum absolute atomic E-state index is 12.4. The summed E-state index contributed by atoms with van der Waals surface area (Å²) in [6.07, 6.45) is 3.07. The Morgan fingerprint density at radius 2 is 2.35 bits per heavy atom. The number of hydrogen-bond acceptors (Lipinski definition) is 3. The molecule has 20 heavy (non-hydrogen) atoms. The molecular formula is C15H19F2NO2. The zero-order valence-corrected chi connectivity index (χ0v) is 11.5. The zero-order chi connectivity index (χ0) is 14.2. The predicted molar refractivity (Wildman–Crippen MR) is 72.5 cm³/mol. The van der Waals surface area contributed by atoms with Crippen LogP contribution in [0.2, 0.25) is 0 Å². The molecule has 1 aromatic carbocycles. The summed E-state index contributed by atoms with van der Waals surface area (Å²) in [5, 5.41) is 3.39. The quantitative estimate of drug-likeness (QED) is 0.920. The number of hydrogen-bond donors (Lipinski definition) is 1. The number of rotatable bonds is 3. The van der Waals surface area contributed by atoms with E-state index in [9.17, 15) is 8.78 Å². The van der Waals surface area contributed by atoms with Crippen LogP contribution >= 0.6 is 0 Å². The minimum atomic E-state index is -2.78. The first kappa shape index (κ1) is 13.6. The van der Waals surface area contributed by atoms with E-state index in [1.807, 2.05) is 6.07 Å². The van der Waals surface area contributed by atoms with Crippen LogP contribution in [0.25, 0.3) is 0 Å². The maximum atomic E-state index is 12.4. The molecule has 1 fully saturated rings. The van der Waals surface area contributed by atoms with Gasteiger partial charge >= 0.3 is 6.61 Å². The fourth-order valence-electron chi connectivity index (χ4n) is 3.34. The Labute approximate surface area is 117 Å². The van der Waals surface area contributed by atoms with Crippen molar-refractivity contribution in [1.29, 1.82) is 0 Å². The second-order valence-electron chi connectivity index (χ2n) is 5.57. The lowest BCUT2D eigenvalue weighted by Gasteiger charge is -2.38. The third-order valence-corrected chi connectivity index (χ3v) is 4.41. The molecule has 1 spiro atoms. The van der Waals surface area contributed by atoms with Crippen LogP contribution in [0.3, 0.4) is 0 Å². The molecule has 5 heteroatoms. The normalized spacial score (nSPS) is 28.5. The summed E-state index contributed by atoms with van der Waals surface area (Å²) in [4.78, 5) is 0. The summed E-state index contributed by atoms with van der Waals surface area (Å²) in [5.74, 6) is 0.237. The number of benzene rings is 1. The van der Waals surface area contributed by atoms with E-state index < -0.39 is 6.61 Å². The minimum Gasteiger partial charge on any atom is -0.435 e. The molecule has 0 aromatic heterocycles. The summed E-state index contributed by atoms with van der Waals surface area (Å²) < 4.78 is 35.0. The molecule has 1 aromatic rings. The van der Waals surface area contributed by atoms with Crippen LogP contribution in [0.4, 0.5) is 14.5 Å². The van der Waals surface area contributed by atoms with Crippen molar-refractivity contribution >= 4 is 5.69 Å². The van der Waals surface area contributed by atoms with Crippen molar-refractivity contribution in [1.82, 2.24) is 0 Å². The molecule has 2 atom stereocenters. The monoisotopic (exact) mass is 283 g/mol. The standard InChI is InChI=1S/C15H19F2NO2/c1-2-10-8-15(5-6-19-10)9-18-13-4-3-11(7-12(13)15)20-14(16)17/h3-4,7,10,14,18H,2,5-6,8-9H2,1H3. The number of halogens is 2. The first-order valence-electron chi connectivity index (χ1n) is 7.08. The Kier molecular flexibility index (Phi) is 3.54. The molecule has 0 aliphatic carbocycles. The largest absolute Gasteiger partial charge is 0.435 e. The lowest BCUT2D eigenvalue weighted by atomic mass is 9.73. The molecule has 0 saturated carbocycles. The van der Waals surface area contributed by atoms with Crippen LogP contribution in [0.1, 0.15) is 31.7 Å². The highest BCUT2D eigenvalue weighted by Crippen LogP contribution is 2.46. The van der Waals surface area contributed by atoms with Gasteiger partial charge in [-0.1, -0.05) is 6.92 Å². The zero-order valence-electron chi connectivity index (χ0n) is 11.5. The molecule has 110 valence electrons. The van der Waals surface area contributed by atoms with Gasteiger partial charge in [-0.15, -0.1) is 0 Å². The fraction of sp³-hybridized carbons (Fsp3) is 0.600. The highest BCUT2D eigenvalue weighted by Gasteiger charge is 2.43. The van der Waals surface area contributed by atoms with Crippen molar-refractivity contribution in [3.8, 4) is 5.75 Å². The second-order valence-corrected chi connectivity index (χ2v) is 5.57. The Morgan fingerprint density at radius 3 is 3.10 bits per heavy atom. The summed E-state index contributed by atoms with van der Waals surface area (Å²) >= 11 is 0. The lowest BCUT2D eigenvalue weighted by molar-refractivity contribution is -0.0501. The van der Waals surface area contributed by atoms with Gasteiger partial charge in [-0.3, -0.25) is 0 Å². The smallest absolute Gasteiger partial charge is 0.387 e. The number of fused-ring (bicyclic) bond motifs is 2. The summed E-state index contributed by atoms with van der Waals surface area (Å²) in [6.45, 7) is 0.903. The van der Waals surface area contributed by atoms with Gasteiger partial charge in [-0.2, -0.15) is 8.78 Å². The van der Waals surface area contributed by atoms with E-state index in [1.165, 1.54) is 0 Å². The molecule has 0 amide bonds. The summed E-state index contributed by atoms with van der Waals surface area (Å²) in [5.41, 5.74) is 2.12. The predicted octanol–water partition coefficient (Wildman–Crippen LogP) is 3.54. The fourth-order valence-corrected chi connectivity index (χ4v) is 3.34. The SMILES string of the molecule is CCC1CC2(CCO1)CNc1ccc(OC(F)F)cc12.